The van der Waals surface area contributed by atoms with Gasteiger partial charge in [-0.25, -0.2) is 14.2 Å². The van der Waals surface area contributed by atoms with Crippen molar-refractivity contribution in [2.75, 3.05) is 6.61 Å². The number of carboxylic acid groups (broad SMARTS) is 1. The number of aromatic hydroxyl groups is 1. The summed E-state index contributed by atoms with van der Waals surface area (Å²) in [6, 6.07) is 9.82. The fourth-order valence-corrected chi connectivity index (χ4v) is 3.13. The number of phenols is 1. The molecule has 7 heteroatoms. The highest BCUT2D eigenvalue weighted by molar-refractivity contribution is 5.89. The lowest BCUT2D eigenvalue weighted by Gasteiger charge is -2.13. The smallest absolute Gasteiger partial charge is 0.303 e. The van der Waals surface area contributed by atoms with Crippen LogP contribution in [0.2, 0.25) is 0 Å². The van der Waals surface area contributed by atoms with Crippen molar-refractivity contribution in [1.82, 2.24) is 4.98 Å². The van der Waals surface area contributed by atoms with Gasteiger partial charge in [0, 0.05) is 23.6 Å². The van der Waals surface area contributed by atoms with Gasteiger partial charge in [-0.15, -0.1) is 0 Å². The fraction of sp³-hybridized carbons (Fsp3) is 0.273. The number of aliphatic carboxylic acids is 1. The molecule has 0 spiro atoms. The number of rotatable bonds is 9. The molecule has 0 aliphatic heterocycles. The lowest BCUT2D eigenvalue weighted by atomic mass is 9.97. The molecule has 6 nitrogen and oxygen atoms in total. The molecule has 1 aromatic heterocycles. The predicted octanol–water partition coefficient (Wildman–Crippen LogP) is 4.16. The molecule has 29 heavy (non-hydrogen) atoms. The van der Waals surface area contributed by atoms with Gasteiger partial charge in [0.15, 0.2) is 0 Å². The molecule has 0 fully saturated rings. The Kier molecular flexibility index (Phi) is 6.74. The largest absolute Gasteiger partial charge is 0.505 e. The number of pyridine rings is 1. The van der Waals surface area contributed by atoms with E-state index in [1.807, 2.05) is 6.07 Å². The summed E-state index contributed by atoms with van der Waals surface area (Å²) in [4.78, 5) is 25.4. The Hall–Kier alpha value is -3.03. The van der Waals surface area contributed by atoms with Crippen LogP contribution in [0.15, 0.2) is 42.6 Å². The zero-order valence-electron chi connectivity index (χ0n) is 16.0. The van der Waals surface area contributed by atoms with Gasteiger partial charge in [-0.05, 0) is 60.7 Å². The molecule has 0 atom stereocenters. The Labute approximate surface area is 167 Å². The van der Waals surface area contributed by atoms with E-state index in [1.54, 1.807) is 31.3 Å². The molecule has 0 aliphatic rings. The topological polar surface area (TPSA) is 88.9 Å². The van der Waals surface area contributed by atoms with Crippen LogP contribution in [0.1, 0.15) is 35.6 Å². The summed E-state index contributed by atoms with van der Waals surface area (Å²) < 4.78 is 13.1. The fourth-order valence-electron chi connectivity index (χ4n) is 3.13. The Morgan fingerprint density at radius 2 is 1.86 bits per heavy atom. The number of hydrogen-bond acceptors (Lipinski definition) is 5. The first-order chi connectivity index (χ1) is 14.0. The molecule has 0 saturated carbocycles. The van der Waals surface area contributed by atoms with Crippen molar-refractivity contribution in [3.8, 4) is 5.75 Å². The second kappa shape index (κ2) is 9.45. The molecule has 0 unspecified atom stereocenters. The van der Waals surface area contributed by atoms with Crippen molar-refractivity contribution in [3.05, 3.63) is 70.7 Å². The number of aryl methyl sites for hydroxylation is 1. The third kappa shape index (κ3) is 5.28. The molecule has 0 bridgehead atoms. The minimum absolute atomic E-state index is 0.0212. The minimum Gasteiger partial charge on any atom is -0.505 e. The van der Waals surface area contributed by atoms with Crippen LogP contribution in [-0.2, 0) is 34.0 Å². The minimum atomic E-state index is -0.909. The number of nitrogens with zero attached hydrogens (tertiary/aromatic N) is 1. The van der Waals surface area contributed by atoms with Crippen LogP contribution in [0, 0.1) is 5.82 Å². The number of aromatic nitrogens is 1. The van der Waals surface area contributed by atoms with Crippen molar-refractivity contribution >= 4 is 16.9 Å². The number of fused-ring (bicyclic) bond motifs is 1. The summed E-state index contributed by atoms with van der Waals surface area (Å²) in [5, 5.41) is 20.4. The Bertz CT molecular complexity index is 1000. The van der Waals surface area contributed by atoms with Crippen LogP contribution in [0.25, 0.3) is 10.9 Å². The summed E-state index contributed by atoms with van der Waals surface area (Å²) in [7, 11) is 0. The zero-order chi connectivity index (χ0) is 20.8. The number of hydrogen-bond donors (Lipinski definition) is 2. The summed E-state index contributed by atoms with van der Waals surface area (Å²) >= 11 is 0. The Balaban J connectivity index is 1.98. The van der Waals surface area contributed by atoms with Crippen LogP contribution >= 0.6 is 0 Å². The van der Waals surface area contributed by atoms with Crippen molar-refractivity contribution < 1.29 is 29.2 Å². The molecule has 0 amide bonds. The van der Waals surface area contributed by atoms with Crippen molar-refractivity contribution in [1.29, 1.82) is 0 Å². The third-order valence-corrected chi connectivity index (χ3v) is 4.51. The molecule has 0 saturated heterocycles. The first kappa shape index (κ1) is 20.7. The average Bonchev–Trinajstić information content (AvgIpc) is 2.70. The zero-order valence-corrected chi connectivity index (χ0v) is 16.0. The molecule has 2 N–H and O–H groups in total. The van der Waals surface area contributed by atoms with Gasteiger partial charge in [-0.1, -0.05) is 12.1 Å². The van der Waals surface area contributed by atoms with E-state index in [1.165, 1.54) is 12.1 Å². The highest BCUT2D eigenvalue weighted by Crippen LogP contribution is 2.32. The van der Waals surface area contributed by atoms with E-state index >= 15 is 0 Å². The molecule has 3 aromatic rings. The van der Waals surface area contributed by atoms with E-state index in [9.17, 15) is 14.3 Å². The van der Waals surface area contributed by atoms with Gasteiger partial charge >= 0.3 is 5.97 Å². The molecule has 3 rings (SSSR count). The lowest BCUT2D eigenvalue weighted by molar-refractivity contribution is -0.300. The molecular formula is C22H22FNO5. The van der Waals surface area contributed by atoms with Gasteiger partial charge in [-0.2, -0.15) is 0 Å². The van der Waals surface area contributed by atoms with Gasteiger partial charge in [0.25, 0.3) is 0 Å². The standard InChI is InChI=1S/C22H22FNO5/c1-2-28-29-13-17-11-16(5-8-20(25)26)19-10-15(12-24-21(19)22(17)27)9-14-3-6-18(23)7-4-14/h3-4,6-7,10-12,27H,2,5,8-9,13H2,1H3,(H,25,26). The lowest BCUT2D eigenvalue weighted by Crippen LogP contribution is -2.02. The maximum Gasteiger partial charge on any atom is 0.303 e. The van der Waals surface area contributed by atoms with Gasteiger partial charge < -0.3 is 10.2 Å². The molecule has 2 aromatic carbocycles. The summed E-state index contributed by atoms with van der Waals surface area (Å²) in [5.41, 5.74) is 3.41. The van der Waals surface area contributed by atoms with E-state index in [-0.39, 0.29) is 31.0 Å². The first-order valence-electron chi connectivity index (χ1n) is 9.31. The maximum absolute atomic E-state index is 13.1. The second-order valence-corrected chi connectivity index (χ2v) is 6.65. The summed E-state index contributed by atoms with van der Waals surface area (Å²) in [6.45, 7) is 2.17. The van der Waals surface area contributed by atoms with Crippen LogP contribution in [0.4, 0.5) is 4.39 Å². The molecule has 1 heterocycles. The molecule has 0 aliphatic carbocycles. The molecule has 152 valence electrons. The van der Waals surface area contributed by atoms with Gasteiger partial charge in [0.1, 0.15) is 23.7 Å². The second-order valence-electron chi connectivity index (χ2n) is 6.65. The van der Waals surface area contributed by atoms with E-state index in [0.29, 0.717) is 29.5 Å². The normalized spacial score (nSPS) is 11.1. The van der Waals surface area contributed by atoms with Crippen molar-refractivity contribution in [3.63, 3.8) is 0 Å². The van der Waals surface area contributed by atoms with E-state index in [2.05, 4.69) is 4.98 Å². The molecule has 0 radical (unpaired) electrons. The van der Waals surface area contributed by atoms with Crippen molar-refractivity contribution in [2.45, 2.75) is 32.8 Å². The molecular weight excluding hydrogens is 377 g/mol. The SMILES string of the molecule is CCOOCc1cc(CCC(=O)O)c2cc(Cc3ccc(F)cc3)cnc2c1O. The van der Waals surface area contributed by atoms with E-state index in [0.717, 1.165) is 16.7 Å². The summed E-state index contributed by atoms with van der Waals surface area (Å²) in [6.07, 6.45) is 2.43. The van der Waals surface area contributed by atoms with E-state index in [4.69, 9.17) is 14.9 Å². The van der Waals surface area contributed by atoms with Gasteiger partial charge in [0.2, 0.25) is 0 Å². The van der Waals surface area contributed by atoms with Gasteiger partial charge in [0.05, 0.1) is 6.61 Å². The number of carboxylic acids is 1. The number of benzene rings is 2. The monoisotopic (exact) mass is 399 g/mol. The first-order valence-corrected chi connectivity index (χ1v) is 9.31. The average molecular weight is 399 g/mol. The van der Waals surface area contributed by atoms with Crippen molar-refractivity contribution in [2.24, 2.45) is 0 Å². The highest BCUT2D eigenvalue weighted by Gasteiger charge is 2.15. The number of phenolic OH excluding ortho intramolecular Hbond substituents is 1. The number of halogens is 1. The summed E-state index contributed by atoms with van der Waals surface area (Å²) in [5.74, 6) is -1.23. The van der Waals surface area contributed by atoms with Gasteiger partial charge in [-0.3, -0.25) is 9.78 Å². The van der Waals surface area contributed by atoms with Crippen LogP contribution in [-0.4, -0.2) is 27.8 Å². The highest BCUT2D eigenvalue weighted by atomic mass is 19.1. The quantitative estimate of drug-likeness (QED) is 0.319. The Morgan fingerprint density at radius 3 is 2.55 bits per heavy atom. The van der Waals surface area contributed by atoms with Crippen LogP contribution in [0.3, 0.4) is 0 Å². The third-order valence-electron chi connectivity index (χ3n) is 4.51. The van der Waals surface area contributed by atoms with E-state index < -0.39 is 5.97 Å². The van der Waals surface area contributed by atoms with Crippen LogP contribution < -0.4 is 0 Å². The predicted molar refractivity (Wildman–Crippen MR) is 105 cm³/mol. The number of carbonyl (C=O) groups is 1. The Morgan fingerprint density at radius 1 is 1.10 bits per heavy atom. The van der Waals surface area contributed by atoms with Crippen LogP contribution in [0.5, 0.6) is 5.75 Å². The maximum atomic E-state index is 13.1.